The number of para-hydroxylation sites is 1. The number of allylic oxidation sites excluding steroid dienone is 9. The lowest BCUT2D eigenvalue weighted by Gasteiger charge is -2.24. The van der Waals surface area contributed by atoms with Crippen molar-refractivity contribution in [2.75, 3.05) is 5.32 Å². The Morgan fingerprint density at radius 3 is 2.29 bits per heavy atom. The molecule has 1 aliphatic carbocycles. The minimum atomic E-state index is 0.0781. The van der Waals surface area contributed by atoms with E-state index in [4.69, 9.17) is 10.7 Å². The van der Waals surface area contributed by atoms with E-state index in [-0.39, 0.29) is 6.04 Å². The third kappa shape index (κ3) is 8.60. The number of dihydropyridines is 1. The Hall–Kier alpha value is -7.37. The summed E-state index contributed by atoms with van der Waals surface area (Å²) in [7, 11) is 0. The molecule has 0 spiro atoms. The van der Waals surface area contributed by atoms with Crippen molar-refractivity contribution in [3.05, 3.63) is 210 Å². The number of aryl methyl sites for hydroxylation is 3. The Morgan fingerprint density at radius 1 is 0.778 bits per heavy atom. The van der Waals surface area contributed by atoms with Crippen LogP contribution in [-0.4, -0.2) is 15.6 Å². The van der Waals surface area contributed by atoms with Crippen molar-refractivity contribution in [2.24, 2.45) is 5.73 Å². The number of benzene rings is 5. The van der Waals surface area contributed by atoms with Crippen LogP contribution in [-0.2, 0) is 12.8 Å². The molecular weight excluding hydrogens is 767 g/mol. The minimum Gasteiger partial charge on any atom is -0.385 e. The van der Waals surface area contributed by atoms with Crippen LogP contribution < -0.4 is 16.4 Å². The molecule has 0 saturated heterocycles. The molecular formula is C58H57N5. The van der Waals surface area contributed by atoms with Crippen LogP contribution in [0.15, 0.2) is 188 Å². The molecule has 1 unspecified atom stereocenters. The van der Waals surface area contributed by atoms with Crippen molar-refractivity contribution >= 4 is 55.6 Å². The Morgan fingerprint density at radius 2 is 1.54 bits per heavy atom. The van der Waals surface area contributed by atoms with Gasteiger partial charge in [-0.2, -0.15) is 0 Å². The molecule has 2 aromatic heterocycles. The van der Waals surface area contributed by atoms with Gasteiger partial charge in [-0.25, -0.2) is 4.98 Å². The highest BCUT2D eigenvalue weighted by Crippen LogP contribution is 2.42. The summed E-state index contributed by atoms with van der Waals surface area (Å²) < 4.78 is 2.23. The van der Waals surface area contributed by atoms with Gasteiger partial charge >= 0.3 is 0 Å². The van der Waals surface area contributed by atoms with Gasteiger partial charge in [0.1, 0.15) is 5.82 Å². The molecule has 4 N–H and O–H groups in total. The lowest BCUT2D eigenvalue weighted by molar-refractivity contribution is 0.817. The number of aromatic nitrogens is 2. The molecule has 2 aliphatic rings. The predicted molar refractivity (Wildman–Crippen MR) is 273 cm³/mol. The Kier molecular flexibility index (Phi) is 12.3. The number of pyridine rings is 1. The van der Waals surface area contributed by atoms with Crippen molar-refractivity contribution in [2.45, 2.75) is 60.4 Å². The highest BCUT2D eigenvalue weighted by molar-refractivity contribution is 6.12. The Bertz CT molecular complexity index is 3120. The van der Waals surface area contributed by atoms with E-state index in [0.717, 1.165) is 79.8 Å². The molecule has 5 aromatic carbocycles. The summed E-state index contributed by atoms with van der Waals surface area (Å²) in [5, 5.41) is 11.0. The Labute approximate surface area is 372 Å². The number of nitrogens with two attached hydrogens (primary N) is 1. The first-order valence-corrected chi connectivity index (χ1v) is 21.9. The summed E-state index contributed by atoms with van der Waals surface area (Å²) in [6.07, 6.45) is 20.5. The molecule has 0 saturated carbocycles. The second-order valence-electron chi connectivity index (χ2n) is 16.4. The molecule has 1 aliphatic heterocycles. The molecule has 63 heavy (non-hydrogen) atoms. The van der Waals surface area contributed by atoms with Gasteiger partial charge in [-0.05, 0) is 166 Å². The average molecular weight is 824 g/mol. The minimum absolute atomic E-state index is 0.0781. The SMILES string of the molecule is C=C/C(C)=C\C.C=CC1=CC=C(c2ccc3c(c2)c2cc4c(cc2n3/C(N)=C/C(C)=C\C)-c2cc(Nc3ccc(-c5ccc6ccccc6n5)cc3C)ccc2CC4)NC1/C=C\C. The number of nitrogens with zero attached hydrogens (tertiary/aromatic N) is 2. The van der Waals surface area contributed by atoms with E-state index in [1.165, 1.54) is 44.2 Å². The molecule has 5 heteroatoms. The highest BCUT2D eigenvalue weighted by atomic mass is 15.1. The molecule has 5 nitrogen and oxygen atoms in total. The molecule has 9 rings (SSSR count). The molecule has 1 atom stereocenters. The van der Waals surface area contributed by atoms with Gasteiger partial charge in [0, 0.05) is 38.8 Å². The normalized spacial score (nSPS) is 15.3. The topological polar surface area (TPSA) is 67.9 Å². The van der Waals surface area contributed by atoms with Gasteiger partial charge in [-0.15, -0.1) is 0 Å². The van der Waals surface area contributed by atoms with E-state index in [1.54, 1.807) is 0 Å². The van der Waals surface area contributed by atoms with Gasteiger partial charge < -0.3 is 16.4 Å². The monoisotopic (exact) mass is 823 g/mol. The van der Waals surface area contributed by atoms with Crippen LogP contribution in [0.4, 0.5) is 11.4 Å². The first-order chi connectivity index (χ1) is 30.6. The molecule has 0 amide bonds. The van der Waals surface area contributed by atoms with E-state index in [0.29, 0.717) is 5.82 Å². The largest absolute Gasteiger partial charge is 0.385 e. The molecule has 0 radical (unpaired) electrons. The molecule has 0 bridgehead atoms. The van der Waals surface area contributed by atoms with Crippen LogP contribution in [0.3, 0.4) is 0 Å². The van der Waals surface area contributed by atoms with Crippen LogP contribution in [0.2, 0.25) is 0 Å². The van der Waals surface area contributed by atoms with Crippen molar-refractivity contribution in [3.63, 3.8) is 0 Å². The lowest BCUT2D eigenvalue weighted by atomic mass is 9.84. The van der Waals surface area contributed by atoms with Crippen LogP contribution in [0.5, 0.6) is 0 Å². The zero-order chi connectivity index (χ0) is 44.2. The van der Waals surface area contributed by atoms with E-state index in [1.807, 2.05) is 45.1 Å². The van der Waals surface area contributed by atoms with Gasteiger partial charge in [0.25, 0.3) is 0 Å². The van der Waals surface area contributed by atoms with E-state index < -0.39 is 0 Å². The summed E-state index contributed by atoms with van der Waals surface area (Å²) in [5.41, 5.74) is 26.5. The standard InChI is InChI=1S/C52H47N5.C6H10/c1-6-11-46-34(8-3)17-23-49(55-46)39-20-25-50-43(29-39)44-28-37-15-14-35-16-21-40(30-41(35)42(37)31-51(44)57(50)52(53)26-32(4)7-2)54-45-22-19-38(27-33(45)5)48-24-18-36-12-9-10-13-47(36)56-48;1-4-6(3)5-2/h6-13,16-31,46,54-55H,3,14-15,53H2,1-2,4-5H3;4-5H,1H2,2-3H3/b11-6-,32-7-,52-26+;6-5-. The fourth-order valence-corrected chi connectivity index (χ4v) is 8.56. The van der Waals surface area contributed by atoms with Crippen LogP contribution in [0, 0.1) is 6.92 Å². The van der Waals surface area contributed by atoms with Crippen molar-refractivity contribution in [3.8, 4) is 22.4 Å². The number of hydrogen-bond acceptors (Lipinski definition) is 4. The second kappa shape index (κ2) is 18.3. The van der Waals surface area contributed by atoms with Crippen molar-refractivity contribution in [1.29, 1.82) is 0 Å². The summed E-state index contributed by atoms with van der Waals surface area (Å²) in [4.78, 5) is 4.93. The maximum absolute atomic E-state index is 7.00. The summed E-state index contributed by atoms with van der Waals surface area (Å²) >= 11 is 0. The maximum Gasteiger partial charge on any atom is 0.108 e. The van der Waals surface area contributed by atoms with Crippen molar-refractivity contribution < 1.29 is 0 Å². The predicted octanol–water partition coefficient (Wildman–Crippen LogP) is 14.7. The third-order valence-electron chi connectivity index (χ3n) is 12.4. The maximum atomic E-state index is 7.00. The number of fused-ring (bicyclic) bond motifs is 7. The average Bonchev–Trinajstić information content (AvgIpc) is 3.63. The van der Waals surface area contributed by atoms with Gasteiger partial charge in [-0.3, -0.25) is 4.57 Å². The van der Waals surface area contributed by atoms with Gasteiger partial charge in [0.05, 0.1) is 28.3 Å². The first kappa shape index (κ1) is 42.3. The third-order valence-corrected chi connectivity index (χ3v) is 12.4. The number of rotatable bonds is 9. The fraction of sp³-hybridized carbons (Fsp3) is 0.155. The van der Waals surface area contributed by atoms with E-state index >= 15 is 0 Å². The van der Waals surface area contributed by atoms with Crippen LogP contribution in [0.25, 0.3) is 66.6 Å². The molecule has 0 fully saturated rings. The summed E-state index contributed by atoms with van der Waals surface area (Å²) in [5.74, 6) is 0.698. The fourth-order valence-electron chi connectivity index (χ4n) is 8.56. The highest BCUT2D eigenvalue weighted by Gasteiger charge is 2.23. The molecule has 7 aromatic rings. The van der Waals surface area contributed by atoms with Crippen molar-refractivity contribution in [1.82, 2.24) is 14.9 Å². The smallest absolute Gasteiger partial charge is 0.108 e. The second-order valence-corrected chi connectivity index (χ2v) is 16.4. The van der Waals surface area contributed by atoms with E-state index in [9.17, 15) is 0 Å². The Balaban J connectivity index is 0.000000849. The zero-order valence-corrected chi connectivity index (χ0v) is 37.4. The first-order valence-electron chi connectivity index (χ1n) is 21.9. The zero-order valence-electron chi connectivity index (χ0n) is 37.4. The van der Waals surface area contributed by atoms with Crippen LogP contribution >= 0.6 is 0 Å². The number of anilines is 2. The van der Waals surface area contributed by atoms with Gasteiger partial charge in [0.15, 0.2) is 0 Å². The molecule has 3 heterocycles. The summed E-state index contributed by atoms with van der Waals surface area (Å²) in [6, 6.07) is 37.5. The van der Waals surface area contributed by atoms with Gasteiger partial charge in [0.2, 0.25) is 0 Å². The lowest BCUT2D eigenvalue weighted by Crippen LogP contribution is -2.29. The molecule has 314 valence electrons. The quantitative estimate of drug-likeness (QED) is 0.100. The van der Waals surface area contributed by atoms with Crippen LogP contribution in [0.1, 0.15) is 56.9 Å². The number of nitrogens with one attached hydrogen (secondary N) is 2. The number of hydrogen-bond donors (Lipinski definition) is 3. The summed E-state index contributed by atoms with van der Waals surface area (Å²) in [6.45, 7) is 20.0. The van der Waals surface area contributed by atoms with Gasteiger partial charge in [-0.1, -0.05) is 109 Å². The van der Waals surface area contributed by atoms with E-state index in [2.05, 4.69) is 183 Å².